The Morgan fingerprint density at radius 2 is 2.32 bits per heavy atom. The van der Waals surface area contributed by atoms with Crippen molar-refractivity contribution in [2.24, 2.45) is 11.1 Å². The number of aliphatic hydroxyl groups is 1. The van der Waals surface area contributed by atoms with Crippen molar-refractivity contribution in [3.63, 3.8) is 0 Å². The minimum Gasteiger partial charge on any atom is -0.389 e. The number of nitrogens with one attached hydrogen (secondary N) is 1. The van der Waals surface area contributed by atoms with Crippen LogP contribution in [0.15, 0.2) is 29.7 Å². The molecule has 5 nitrogen and oxygen atoms in total. The van der Waals surface area contributed by atoms with Crippen molar-refractivity contribution in [1.82, 2.24) is 10.3 Å². The predicted molar refractivity (Wildman–Crippen MR) is 72.9 cm³/mol. The average Bonchev–Trinajstić information content (AvgIpc) is 2.45. The lowest BCUT2D eigenvalue weighted by Gasteiger charge is -2.30. The third-order valence-corrected chi connectivity index (χ3v) is 3.30. The lowest BCUT2D eigenvalue weighted by molar-refractivity contribution is -0.0640. The minimum absolute atomic E-state index is 0.289. The fraction of sp³-hybridized carbons (Fsp3) is 0.571. The van der Waals surface area contributed by atoms with Gasteiger partial charge in [-0.3, -0.25) is 4.98 Å². The van der Waals surface area contributed by atoms with Gasteiger partial charge in [-0.15, -0.1) is 0 Å². The Hall–Kier alpha value is -1.46. The molecular weight excluding hydrogens is 242 g/mol. The summed E-state index contributed by atoms with van der Waals surface area (Å²) in [6, 6.07) is 3.60. The van der Waals surface area contributed by atoms with Gasteiger partial charge >= 0.3 is 0 Å². The van der Waals surface area contributed by atoms with Crippen LogP contribution in [0.3, 0.4) is 0 Å². The Balaban J connectivity index is 1.91. The fourth-order valence-electron chi connectivity index (χ4n) is 2.29. The molecule has 0 aromatic carbocycles. The molecule has 1 aliphatic heterocycles. The van der Waals surface area contributed by atoms with E-state index < -0.39 is 6.10 Å². The monoisotopic (exact) mass is 262 g/mol. The Morgan fingerprint density at radius 3 is 2.95 bits per heavy atom. The highest BCUT2D eigenvalue weighted by molar-refractivity contribution is 5.78. The van der Waals surface area contributed by atoms with Crippen LogP contribution in [0.1, 0.15) is 25.3 Å². The summed E-state index contributed by atoms with van der Waals surface area (Å²) in [5.74, 6) is 0.289. The van der Waals surface area contributed by atoms with Crippen molar-refractivity contribution in [2.45, 2.75) is 32.0 Å². The lowest BCUT2D eigenvalue weighted by Crippen LogP contribution is -2.42. The molecule has 103 valence electrons. The second kappa shape index (κ2) is 7.21. The smallest absolute Gasteiger partial charge is 0.157 e. The summed E-state index contributed by atoms with van der Waals surface area (Å²) < 4.78 is 0. The number of aliphatic hydroxyl groups excluding tert-OH is 1. The van der Waals surface area contributed by atoms with Crippen LogP contribution in [0.4, 0.5) is 0 Å². The predicted octanol–water partition coefficient (Wildman–Crippen LogP) is 1.06. The molecule has 19 heavy (non-hydrogen) atoms. The topological polar surface area (TPSA) is 66.7 Å². The van der Waals surface area contributed by atoms with Gasteiger partial charge in [-0.2, -0.15) is 0 Å². The van der Waals surface area contributed by atoms with Crippen LogP contribution >= 0.6 is 0 Å². The maximum absolute atomic E-state index is 9.81. The number of nitrogens with zero attached hydrogens (tertiary/aromatic N) is 2. The Morgan fingerprint density at radius 1 is 1.53 bits per heavy atom. The number of hydrogen-bond donors (Lipinski definition) is 2. The molecule has 2 rings (SSSR count). The largest absolute Gasteiger partial charge is 0.389 e. The van der Waals surface area contributed by atoms with E-state index in [0.29, 0.717) is 0 Å². The van der Waals surface area contributed by atoms with E-state index >= 15 is 0 Å². The average molecular weight is 262 g/mol. The molecule has 0 spiro atoms. The molecule has 2 N–H and O–H groups in total. The number of aromatic nitrogens is 1. The van der Waals surface area contributed by atoms with E-state index in [1.807, 2.05) is 0 Å². The second-order valence-electron chi connectivity index (χ2n) is 4.86. The van der Waals surface area contributed by atoms with Gasteiger partial charge in [0.2, 0.25) is 0 Å². The van der Waals surface area contributed by atoms with Crippen molar-refractivity contribution in [3.8, 4) is 0 Å². The van der Waals surface area contributed by atoms with Crippen molar-refractivity contribution in [2.75, 3.05) is 13.1 Å². The number of hydrogen-bond acceptors (Lipinski definition) is 5. The zero-order valence-corrected chi connectivity index (χ0v) is 11.1. The summed E-state index contributed by atoms with van der Waals surface area (Å²) in [5.41, 5.74) is 0.807. The zero-order valence-electron chi connectivity index (χ0n) is 11.1. The summed E-state index contributed by atoms with van der Waals surface area (Å²) in [4.78, 5) is 9.37. The quantitative estimate of drug-likeness (QED) is 0.615. The van der Waals surface area contributed by atoms with Gasteiger partial charge in [0.25, 0.3) is 0 Å². The fourth-order valence-corrected chi connectivity index (χ4v) is 2.29. The van der Waals surface area contributed by atoms with Gasteiger partial charge in [-0.05, 0) is 38.4 Å². The van der Waals surface area contributed by atoms with Crippen molar-refractivity contribution >= 4 is 6.21 Å². The Labute approximate surface area is 113 Å². The molecule has 0 amide bonds. The van der Waals surface area contributed by atoms with Crippen LogP contribution in [-0.4, -0.2) is 41.6 Å². The molecule has 0 bridgehead atoms. The van der Waals surface area contributed by atoms with Crippen LogP contribution in [0.5, 0.6) is 0 Å². The summed E-state index contributed by atoms with van der Waals surface area (Å²) in [6.07, 6.45) is 7.47. The molecule has 3 unspecified atom stereocenters. The van der Waals surface area contributed by atoms with Gasteiger partial charge < -0.3 is 15.3 Å². The van der Waals surface area contributed by atoms with E-state index in [0.717, 1.165) is 31.5 Å². The number of pyridine rings is 1. The second-order valence-corrected chi connectivity index (χ2v) is 4.86. The van der Waals surface area contributed by atoms with Gasteiger partial charge in [-0.1, -0.05) is 5.16 Å². The van der Waals surface area contributed by atoms with Crippen molar-refractivity contribution in [3.05, 3.63) is 30.1 Å². The van der Waals surface area contributed by atoms with E-state index in [9.17, 15) is 5.11 Å². The van der Waals surface area contributed by atoms with E-state index in [1.165, 1.54) is 0 Å². The van der Waals surface area contributed by atoms with Crippen LogP contribution in [0.2, 0.25) is 0 Å². The highest BCUT2D eigenvalue weighted by Gasteiger charge is 2.29. The normalized spacial score (nSPS) is 23.2. The molecular formula is C14H20N3O2. The maximum atomic E-state index is 9.81. The molecule has 1 fully saturated rings. The first-order valence-corrected chi connectivity index (χ1v) is 6.68. The lowest BCUT2D eigenvalue weighted by atomic mass is 9.91. The highest BCUT2D eigenvalue weighted by Crippen LogP contribution is 2.20. The molecule has 0 saturated carbocycles. The molecule has 1 saturated heterocycles. The minimum atomic E-state index is -0.548. The summed E-state index contributed by atoms with van der Waals surface area (Å²) >= 11 is 0. The van der Waals surface area contributed by atoms with Gasteiger partial charge in [0.1, 0.15) is 6.21 Å². The molecule has 3 atom stereocenters. The molecule has 1 aromatic rings. The SMILES string of the molecule is CC(O)C(ON=[C]c1ccncc1)C1CCCNC1. The first kappa shape index (κ1) is 14.0. The van der Waals surface area contributed by atoms with Gasteiger partial charge in [0, 0.05) is 30.4 Å². The number of piperidine rings is 1. The number of rotatable bonds is 5. The third kappa shape index (κ3) is 4.29. The molecule has 2 heterocycles. The summed E-state index contributed by atoms with van der Waals surface area (Å²) in [5, 5.41) is 17.0. The molecule has 1 aliphatic rings. The molecule has 0 aliphatic carbocycles. The Bertz CT molecular complexity index is 389. The molecule has 1 radical (unpaired) electrons. The molecule has 1 aromatic heterocycles. The summed E-state index contributed by atoms with van der Waals surface area (Å²) in [7, 11) is 0. The first-order valence-electron chi connectivity index (χ1n) is 6.68. The van der Waals surface area contributed by atoms with E-state index in [4.69, 9.17) is 4.84 Å². The van der Waals surface area contributed by atoms with Crippen molar-refractivity contribution < 1.29 is 9.94 Å². The zero-order chi connectivity index (χ0) is 13.5. The maximum Gasteiger partial charge on any atom is 0.157 e. The Kier molecular flexibility index (Phi) is 5.30. The van der Waals surface area contributed by atoms with E-state index in [2.05, 4.69) is 21.7 Å². The highest BCUT2D eigenvalue weighted by atomic mass is 16.6. The summed E-state index contributed by atoms with van der Waals surface area (Å²) in [6.45, 7) is 3.64. The third-order valence-electron chi connectivity index (χ3n) is 3.30. The van der Waals surface area contributed by atoms with E-state index in [-0.39, 0.29) is 12.0 Å². The standard InChI is InChI=1S/C14H20N3O2/c1-11(18)14(13-3-2-6-16-10-13)19-17-9-12-4-7-15-8-5-12/h4-5,7-8,11,13-14,16,18H,2-3,6,10H2,1H3. The van der Waals surface area contributed by atoms with Gasteiger partial charge in [0.15, 0.2) is 6.10 Å². The van der Waals surface area contributed by atoms with Gasteiger partial charge in [-0.25, -0.2) is 0 Å². The van der Waals surface area contributed by atoms with Gasteiger partial charge in [0.05, 0.1) is 6.10 Å². The van der Waals surface area contributed by atoms with Crippen LogP contribution in [0, 0.1) is 5.92 Å². The molecule has 5 heteroatoms. The van der Waals surface area contributed by atoms with E-state index in [1.54, 1.807) is 31.5 Å². The van der Waals surface area contributed by atoms with Crippen LogP contribution in [0.25, 0.3) is 0 Å². The van der Waals surface area contributed by atoms with Crippen LogP contribution < -0.4 is 5.32 Å². The first-order chi connectivity index (χ1) is 9.27. The van der Waals surface area contributed by atoms with Crippen LogP contribution in [-0.2, 0) is 4.84 Å². The van der Waals surface area contributed by atoms with Crippen molar-refractivity contribution in [1.29, 1.82) is 0 Å².